The molecule has 5 heteroatoms. The lowest BCUT2D eigenvalue weighted by molar-refractivity contribution is 0.720. The van der Waals surface area contributed by atoms with E-state index in [0.29, 0.717) is 0 Å². The molecule has 2 heterocycles. The van der Waals surface area contributed by atoms with Crippen molar-refractivity contribution in [1.29, 1.82) is 0 Å². The Labute approximate surface area is 133 Å². The second-order valence-electron chi connectivity index (χ2n) is 4.85. The maximum Gasteiger partial charge on any atom is 0.0701 e. The van der Waals surface area contributed by atoms with Crippen molar-refractivity contribution in [2.24, 2.45) is 0 Å². The topological polar surface area (TPSA) is 28.2 Å². The predicted molar refractivity (Wildman–Crippen MR) is 90.5 cm³/mol. The lowest BCUT2D eigenvalue weighted by Crippen LogP contribution is -2.21. The standard InChI is InChI=1S/C15H20BrN3S/c1-4-17-7-13-8-18-11(2)5-14(13)19(3)9-12-6-15(16)20-10-12/h5-6,8,10,17H,4,7,9H2,1-3H3. The maximum atomic E-state index is 4.41. The van der Waals surface area contributed by atoms with Crippen LogP contribution in [0.2, 0.25) is 0 Å². The molecule has 0 bridgehead atoms. The molecule has 0 atom stereocenters. The molecule has 0 radical (unpaired) electrons. The van der Waals surface area contributed by atoms with Crippen molar-refractivity contribution in [3.63, 3.8) is 0 Å². The third-order valence-electron chi connectivity index (χ3n) is 3.12. The van der Waals surface area contributed by atoms with E-state index in [1.165, 1.54) is 20.6 Å². The van der Waals surface area contributed by atoms with Crippen LogP contribution in [-0.2, 0) is 13.1 Å². The zero-order valence-corrected chi connectivity index (χ0v) is 14.5. The van der Waals surface area contributed by atoms with E-state index in [-0.39, 0.29) is 0 Å². The molecule has 20 heavy (non-hydrogen) atoms. The molecular formula is C15H20BrN3S. The zero-order chi connectivity index (χ0) is 14.5. The third kappa shape index (κ3) is 4.04. The fourth-order valence-electron chi connectivity index (χ4n) is 2.11. The summed E-state index contributed by atoms with van der Waals surface area (Å²) in [6.07, 6.45) is 1.98. The Morgan fingerprint density at radius 3 is 2.85 bits per heavy atom. The normalized spacial score (nSPS) is 10.8. The van der Waals surface area contributed by atoms with E-state index in [2.05, 4.69) is 62.6 Å². The van der Waals surface area contributed by atoms with Crippen LogP contribution in [0.3, 0.4) is 0 Å². The lowest BCUT2D eigenvalue weighted by atomic mass is 10.1. The Kier molecular flexibility index (Phi) is 5.57. The van der Waals surface area contributed by atoms with Crippen molar-refractivity contribution in [3.8, 4) is 0 Å². The largest absolute Gasteiger partial charge is 0.370 e. The molecule has 0 aliphatic rings. The van der Waals surface area contributed by atoms with E-state index < -0.39 is 0 Å². The molecule has 0 aliphatic heterocycles. The van der Waals surface area contributed by atoms with Crippen LogP contribution in [0.4, 0.5) is 5.69 Å². The van der Waals surface area contributed by atoms with E-state index in [1.54, 1.807) is 11.3 Å². The van der Waals surface area contributed by atoms with Gasteiger partial charge in [0.25, 0.3) is 0 Å². The number of rotatable bonds is 6. The summed E-state index contributed by atoms with van der Waals surface area (Å²) in [5.41, 5.74) is 4.88. The zero-order valence-electron chi connectivity index (χ0n) is 12.1. The van der Waals surface area contributed by atoms with Gasteiger partial charge in [-0.1, -0.05) is 6.92 Å². The molecule has 108 valence electrons. The number of hydrogen-bond acceptors (Lipinski definition) is 4. The molecular weight excluding hydrogens is 334 g/mol. The Morgan fingerprint density at radius 2 is 2.20 bits per heavy atom. The van der Waals surface area contributed by atoms with Gasteiger partial charge in [-0.15, -0.1) is 11.3 Å². The minimum atomic E-state index is 0.858. The van der Waals surface area contributed by atoms with Crippen molar-refractivity contribution >= 4 is 33.0 Å². The van der Waals surface area contributed by atoms with Crippen molar-refractivity contribution in [1.82, 2.24) is 10.3 Å². The molecule has 0 spiro atoms. The highest BCUT2D eigenvalue weighted by Gasteiger charge is 2.10. The molecule has 2 rings (SSSR count). The highest BCUT2D eigenvalue weighted by Crippen LogP contribution is 2.25. The van der Waals surface area contributed by atoms with Crippen LogP contribution in [-0.4, -0.2) is 18.6 Å². The number of hydrogen-bond donors (Lipinski definition) is 1. The first-order valence-corrected chi connectivity index (χ1v) is 8.37. The summed E-state index contributed by atoms with van der Waals surface area (Å²) in [7, 11) is 2.13. The van der Waals surface area contributed by atoms with Crippen molar-refractivity contribution in [2.75, 3.05) is 18.5 Å². The van der Waals surface area contributed by atoms with Crippen LogP contribution in [0, 0.1) is 6.92 Å². The van der Waals surface area contributed by atoms with Gasteiger partial charge in [0, 0.05) is 43.3 Å². The summed E-state index contributed by atoms with van der Waals surface area (Å²) in [5, 5.41) is 5.57. The van der Waals surface area contributed by atoms with Crippen LogP contribution in [0.25, 0.3) is 0 Å². The number of thiophene rings is 1. The molecule has 0 saturated carbocycles. The summed E-state index contributed by atoms with van der Waals surface area (Å²) in [6.45, 7) is 6.89. The summed E-state index contributed by atoms with van der Waals surface area (Å²) in [6, 6.07) is 4.34. The molecule has 2 aromatic rings. The summed E-state index contributed by atoms with van der Waals surface area (Å²) >= 11 is 5.25. The van der Waals surface area contributed by atoms with Gasteiger partial charge in [0.2, 0.25) is 0 Å². The monoisotopic (exact) mass is 353 g/mol. The fourth-order valence-corrected chi connectivity index (χ4v) is 3.31. The predicted octanol–water partition coefficient (Wildman–Crippen LogP) is 3.96. The van der Waals surface area contributed by atoms with E-state index >= 15 is 0 Å². The van der Waals surface area contributed by atoms with Crippen molar-refractivity contribution < 1.29 is 0 Å². The number of nitrogens with one attached hydrogen (secondary N) is 1. The average molecular weight is 354 g/mol. The molecule has 3 nitrogen and oxygen atoms in total. The van der Waals surface area contributed by atoms with Gasteiger partial charge in [0.1, 0.15) is 0 Å². The Balaban J connectivity index is 2.18. The van der Waals surface area contributed by atoms with Crippen LogP contribution in [0.15, 0.2) is 27.5 Å². The number of nitrogens with zero attached hydrogens (tertiary/aromatic N) is 2. The number of aromatic nitrogens is 1. The third-order valence-corrected chi connectivity index (χ3v) is 4.67. The van der Waals surface area contributed by atoms with Crippen molar-refractivity contribution in [3.05, 3.63) is 44.3 Å². The quantitative estimate of drug-likeness (QED) is 0.851. The first-order chi connectivity index (χ1) is 9.60. The second kappa shape index (κ2) is 7.20. The Hall–Kier alpha value is -0.910. The Bertz CT molecular complexity index is 568. The van der Waals surface area contributed by atoms with Gasteiger partial charge in [-0.2, -0.15) is 0 Å². The van der Waals surface area contributed by atoms with Crippen LogP contribution in [0.5, 0.6) is 0 Å². The first-order valence-electron chi connectivity index (χ1n) is 6.70. The molecule has 0 amide bonds. The van der Waals surface area contributed by atoms with Gasteiger partial charge in [-0.25, -0.2) is 0 Å². The molecule has 0 aliphatic carbocycles. The molecule has 0 saturated heterocycles. The van der Waals surface area contributed by atoms with Gasteiger partial charge >= 0.3 is 0 Å². The fraction of sp³-hybridized carbons (Fsp3) is 0.400. The van der Waals surface area contributed by atoms with Gasteiger partial charge in [-0.3, -0.25) is 4.98 Å². The minimum Gasteiger partial charge on any atom is -0.370 e. The van der Waals surface area contributed by atoms with Crippen LogP contribution >= 0.6 is 27.3 Å². The average Bonchev–Trinajstić information content (AvgIpc) is 2.82. The second-order valence-corrected chi connectivity index (χ2v) is 7.14. The van der Waals surface area contributed by atoms with E-state index in [4.69, 9.17) is 0 Å². The molecule has 0 unspecified atom stereocenters. The Morgan fingerprint density at radius 1 is 1.40 bits per heavy atom. The summed E-state index contributed by atoms with van der Waals surface area (Å²) in [4.78, 5) is 6.70. The summed E-state index contributed by atoms with van der Waals surface area (Å²) < 4.78 is 1.18. The van der Waals surface area contributed by atoms with Crippen LogP contribution in [0.1, 0.15) is 23.7 Å². The van der Waals surface area contributed by atoms with Gasteiger partial charge < -0.3 is 10.2 Å². The number of pyridine rings is 1. The number of aryl methyl sites for hydroxylation is 1. The molecule has 0 fully saturated rings. The highest BCUT2D eigenvalue weighted by molar-refractivity contribution is 9.11. The van der Waals surface area contributed by atoms with E-state index in [9.17, 15) is 0 Å². The lowest BCUT2D eigenvalue weighted by Gasteiger charge is -2.22. The SMILES string of the molecule is CCNCc1cnc(C)cc1N(C)Cc1csc(Br)c1. The van der Waals surface area contributed by atoms with E-state index in [1.807, 2.05) is 13.1 Å². The molecule has 0 aromatic carbocycles. The smallest absolute Gasteiger partial charge is 0.0701 e. The number of anilines is 1. The first kappa shape index (κ1) is 15.5. The molecule has 1 N–H and O–H groups in total. The summed E-state index contributed by atoms with van der Waals surface area (Å²) in [5.74, 6) is 0. The van der Waals surface area contributed by atoms with Gasteiger partial charge in [-0.05, 0) is 52.5 Å². The van der Waals surface area contributed by atoms with Gasteiger partial charge in [0.05, 0.1) is 3.79 Å². The minimum absolute atomic E-state index is 0.858. The highest BCUT2D eigenvalue weighted by atomic mass is 79.9. The van der Waals surface area contributed by atoms with Crippen molar-refractivity contribution in [2.45, 2.75) is 26.9 Å². The van der Waals surface area contributed by atoms with E-state index in [0.717, 1.165) is 25.3 Å². The molecule has 2 aromatic heterocycles. The van der Waals surface area contributed by atoms with Crippen LogP contribution < -0.4 is 10.2 Å². The number of halogens is 1. The maximum absolute atomic E-state index is 4.41. The van der Waals surface area contributed by atoms with Gasteiger partial charge in [0.15, 0.2) is 0 Å².